The Kier molecular flexibility index (Phi) is 3.80. The van der Waals surface area contributed by atoms with Gasteiger partial charge in [0, 0.05) is 18.9 Å². The summed E-state index contributed by atoms with van der Waals surface area (Å²) < 4.78 is 1.94. The van der Waals surface area contributed by atoms with Crippen LogP contribution >= 0.6 is 0 Å². The average molecular weight is 167 g/mol. The van der Waals surface area contributed by atoms with Crippen molar-refractivity contribution in [3.05, 3.63) is 18.5 Å². The molecule has 0 aliphatic carbocycles. The highest BCUT2D eigenvalue weighted by atomic mass is 15.3. The van der Waals surface area contributed by atoms with Gasteiger partial charge in [0.05, 0.1) is 6.54 Å². The molecule has 0 amide bonds. The molecule has 3 nitrogen and oxygen atoms in total. The molecular weight excluding hydrogens is 150 g/mol. The first-order chi connectivity index (χ1) is 5.79. The molecular formula is C9H17N3. The third-order valence-corrected chi connectivity index (χ3v) is 1.63. The van der Waals surface area contributed by atoms with Gasteiger partial charge in [-0.3, -0.25) is 4.68 Å². The van der Waals surface area contributed by atoms with Crippen molar-refractivity contribution in [1.29, 1.82) is 0 Å². The molecule has 12 heavy (non-hydrogen) atoms. The molecule has 0 saturated carbocycles. The van der Waals surface area contributed by atoms with Crippen LogP contribution in [-0.4, -0.2) is 22.9 Å². The third-order valence-electron chi connectivity index (χ3n) is 1.63. The van der Waals surface area contributed by atoms with E-state index in [1.165, 1.54) is 0 Å². The quantitative estimate of drug-likeness (QED) is 0.666. The normalized spacial score (nSPS) is 10.9. The van der Waals surface area contributed by atoms with Crippen molar-refractivity contribution in [2.45, 2.75) is 20.4 Å². The van der Waals surface area contributed by atoms with E-state index in [1.807, 2.05) is 23.1 Å². The molecule has 0 fully saturated rings. The van der Waals surface area contributed by atoms with Gasteiger partial charge in [-0.15, -0.1) is 0 Å². The highest BCUT2D eigenvalue weighted by Crippen LogP contribution is 1.87. The molecule has 1 heterocycles. The van der Waals surface area contributed by atoms with Gasteiger partial charge in [-0.1, -0.05) is 13.8 Å². The molecule has 1 aromatic heterocycles. The van der Waals surface area contributed by atoms with Crippen LogP contribution in [0.3, 0.4) is 0 Å². The summed E-state index contributed by atoms with van der Waals surface area (Å²) in [5.74, 6) is 0.725. The fourth-order valence-electron chi connectivity index (χ4n) is 1.02. The second kappa shape index (κ2) is 4.93. The number of aromatic nitrogens is 2. The fraction of sp³-hybridized carbons (Fsp3) is 0.667. The molecule has 1 rings (SSSR count). The number of hydrogen-bond acceptors (Lipinski definition) is 2. The van der Waals surface area contributed by atoms with Crippen LogP contribution in [0.2, 0.25) is 0 Å². The Balaban J connectivity index is 2.04. The van der Waals surface area contributed by atoms with Crippen molar-refractivity contribution < 1.29 is 0 Å². The van der Waals surface area contributed by atoms with E-state index in [0.717, 1.165) is 25.6 Å². The topological polar surface area (TPSA) is 29.9 Å². The Labute approximate surface area is 73.8 Å². The van der Waals surface area contributed by atoms with E-state index in [0.29, 0.717) is 0 Å². The molecule has 1 aromatic rings. The van der Waals surface area contributed by atoms with Crippen LogP contribution in [0, 0.1) is 5.92 Å². The summed E-state index contributed by atoms with van der Waals surface area (Å²) in [6.07, 6.45) is 3.79. The van der Waals surface area contributed by atoms with Gasteiger partial charge in [0.2, 0.25) is 0 Å². The molecule has 0 atom stereocenters. The fourth-order valence-corrected chi connectivity index (χ4v) is 1.02. The minimum Gasteiger partial charge on any atom is -0.315 e. The lowest BCUT2D eigenvalue weighted by atomic mass is 10.2. The standard InChI is InChI=1S/C9H17N3/c1-9(2)8-10-5-7-12-6-3-4-11-12/h3-4,6,9-10H,5,7-8H2,1-2H3. The van der Waals surface area contributed by atoms with Gasteiger partial charge < -0.3 is 5.32 Å². The average Bonchev–Trinajstić information content (AvgIpc) is 2.49. The van der Waals surface area contributed by atoms with Gasteiger partial charge >= 0.3 is 0 Å². The maximum atomic E-state index is 4.11. The smallest absolute Gasteiger partial charge is 0.0533 e. The highest BCUT2D eigenvalue weighted by Gasteiger charge is 1.92. The molecule has 0 spiro atoms. The minimum absolute atomic E-state index is 0.725. The van der Waals surface area contributed by atoms with Gasteiger partial charge in [-0.25, -0.2) is 0 Å². The number of nitrogens with one attached hydrogen (secondary N) is 1. The first-order valence-corrected chi connectivity index (χ1v) is 4.47. The van der Waals surface area contributed by atoms with Crippen LogP contribution < -0.4 is 5.32 Å². The molecule has 0 radical (unpaired) electrons. The zero-order valence-corrected chi connectivity index (χ0v) is 7.83. The van der Waals surface area contributed by atoms with E-state index < -0.39 is 0 Å². The van der Waals surface area contributed by atoms with Crippen molar-refractivity contribution in [2.24, 2.45) is 5.92 Å². The summed E-state index contributed by atoms with van der Waals surface area (Å²) in [4.78, 5) is 0. The maximum Gasteiger partial charge on any atom is 0.0533 e. The molecule has 0 saturated heterocycles. The third kappa shape index (κ3) is 3.53. The van der Waals surface area contributed by atoms with Crippen molar-refractivity contribution >= 4 is 0 Å². The molecule has 0 aromatic carbocycles. The lowest BCUT2D eigenvalue weighted by Crippen LogP contribution is -2.24. The second-order valence-electron chi connectivity index (χ2n) is 3.37. The summed E-state index contributed by atoms with van der Waals surface area (Å²) in [5, 5.41) is 7.47. The molecule has 0 aliphatic rings. The van der Waals surface area contributed by atoms with E-state index in [9.17, 15) is 0 Å². The highest BCUT2D eigenvalue weighted by molar-refractivity contribution is 4.77. The van der Waals surface area contributed by atoms with E-state index in [-0.39, 0.29) is 0 Å². The zero-order valence-electron chi connectivity index (χ0n) is 7.83. The molecule has 68 valence electrons. The Bertz CT molecular complexity index is 192. The molecule has 0 bridgehead atoms. The summed E-state index contributed by atoms with van der Waals surface area (Å²) in [6, 6.07) is 1.95. The van der Waals surface area contributed by atoms with Crippen LogP contribution in [0.5, 0.6) is 0 Å². The first-order valence-electron chi connectivity index (χ1n) is 4.47. The lowest BCUT2D eigenvalue weighted by Gasteiger charge is -2.06. The van der Waals surface area contributed by atoms with E-state index >= 15 is 0 Å². The molecule has 1 N–H and O–H groups in total. The van der Waals surface area contributed by atoms with E-state index in [2.05, 4.69) is 24.3 Å². The minimum atomic E-state index is 0.725. The zero-order chi connectivity index (χ0) is 8.81. The SMILES string of the molecule is CC(C)CNCCn1cccn1. The van der Waals surface area contributed by atoms with Crippen LogP contribution in [0.4, 0.5) is 0 Å². The Morgan fingerprint density at radius 3 is 2.92 bits per heavy atom. The Morgan fingerprint density at radius 2 is 2.33 bits per heavy atom. The summed E-state index contributed by atoms with van der Waals surface area (Å²) in [6.45, 7) is 7.46. The van der Waals surface area contributed by atoms with Crippen LogP contribution in [0.1, 0.15) is 13.8 Å². The summed E-state index contributed by atoms with van der Waals surface area (Å²) in [5.41, 5.74) is 0. The predicted octanol–water partition coefficient (Wildman–Crippen LogP) is 1.13. The first kappa shape index (κ1) is 9.26. The van der Waals surface area contributed by atoms with Crippen LogP contribution in [0.25, 0.3) is 0 Å². The van der Waals surface area contributed by atoms with Gasteiger partial charge in [0.25, 0.3) is 0 Å². The number of hydrogen-bond donors (Lipinski definition) is 1. The van der Waals surface area contributed by atoms with E-state index in [1.54, 1.807) is 0 Å². The van der Waals surface area contributed by atoms with E-state index in [4.69, 9.17) is 0 Å². The molecule has 0 unspecified atom stereocenters. The van der Waals surface area contributed by atoms with Crippen molar-refractivity contribution in [1.82, 2.24) is 15.1 Å². The number of rotatable bonds is 5. The van der Waals surface area contributed by atoms with Crippen molar-refractivity contribution in [3.8, 4) is 0 Å². The number of nitrogens with zero attached hydrogens (tertiary/aromatic N) is 2. The predicted molar refractivity (Wildman–Crippen MR) is 49.9 cm³/mol. The van der Waals surface area contributed by atoms with Crippen LogP contribution in [-0.2, 0) is 6.54 Å². The molecule has 3 heteroatoms. The van der Waals surface area contributed by atoms with Crippen LogP contribution in [0.15, 0.2) is 18.5 Å². The molecule has 0 aliphatic heterocycles. The maximum absolute atomic E-state index is 4.11. The van der Waals surface area contributed by atoms with Crippen molar-refractivity contribution in [2.75, 3.05) is 13.1 Å². The van der Waals surface area contributed by atoms with Gasteiger partial charge in [-0.05, 0) is 18.5 Å². The van der Waals surface area contributed by atoms with Gasteiger partial charge in [-0.2, -0.15) is 5.10 Å². The Morgan fingerprint density at radius 1 is 1.50 bits per heavy atom. The largest absolute Gasteiger partial charge is 0.315 e. The second-order valence-corrected chi connectivity index (χ2v) is 3.37. The Hall–Kier alpha value is -0.830. The monoisotopic (exact) mass is 167 g/mol. The lowest BCUT2D eigenvalue weighted by molar-refractivity contribution is 0.506. The summed E-state index contributed by atoms with van der Waals surface area (Å²) in [7, 11) is 0. The van der Waals surface area contributed by atoms with Gasteiger partial charge in [0.1, 0.15) is 0 Å². The summed E-state index contributed by atoms with van der Waals surface area (Å²) >= 11 is 0. The van der Waals surface area contributed by atoms with Gasteiger partial charge in [0.15, 0.2) is 0 Å². The van der Waals surface area contributed by atoms with Crippen molar-refractivity contribution in [3.63, 3.8) is 0 Å².